The second kappa shape index (κ2) is 6.20. The minimum atomic E-state index is 0.130. The van der Waals surface area contributed by atoms with Crippen LogP contribution in [0.5, 0.6) is 0 Å². The van der Waals surface area contributed by atoms with Crippen LogP contribution in [0.2, 0.25) is 0 Å². The lowest BCUT2D eigenvalue weighted by Gasteiger charge is -2.37. The van der Waals surface area contributed by atoms with Crippen molar-refractivity contribution >= 4 is 5.91 Å². The third-order valence-corrected chi connectivity index (χ3v) is 3.97. The Morgan fingerprint density at radius 3 is 2.37 bits per heavy atom. The summed E-state index contributed by atoms with van der Waals surface area (Å²) in [5, 5.41) is 0. The zero-order valence-corrected chi connectivity index (χ0v) is 11.9. The van der Waals surface area contributed by atoms with Crippen LogP contribution in [-0.4, -0.2) is 29.9 Å². The van der Waals surface area contributed by atoms with Gasteiger partial charge >= 0.3 is 0 Å². The number of carbonyl (C=O) groups is 1. The Morgan fingerprint density at radius 1 is 1.32 bits per heavy atom. The molecule has 0 aliphatic heterocycles. The summed E-state index contributed by atoms with van der Waals surface area (Å²) in [5.41, 5.74) is 7.68. The van der Waals surface area contributed by atoms with Gasteiger partial charge in [-0.25, -0.2) is 0 Å². The van der Waals surface area contributed by atoms with Crippen molar-refractivity contribution in [1.82, 2.24) is 4.90 Å². The fourth-order valence-electron chi connectivity index (χ4n) is 2.46. The van der Waals surface area contributed by atoms with Gasteiger partial charge in [-0.1, -0.05) is 26.0 Å². The third kappa shape index (κ3) is 3.16. The van der Waals surface area contributed by atoms with E-state index in [0.29, 0.717) is 25.0 Å². The van der Waals surface area contributed by atoms with Crippen LogP contribution < -0.4 is 5.73 Å². The van der Waals surface area contributed by atoms with Crippen molar-refractivity contribution in [3.8, 4) is 0 Å². The Labute approximate surface area is 115 Å². The quantitative estimate of drug-likeness (QED) is 0.885. The molecule has 1 aliphatic carbocycles. The molecule has 19 heavy (non-hydrogen) atoms. The molecule has 0 unspecified atom stereocenters. The summed E-state index contributed by atoms with van der Waals surface area (Å²) < 4.78 is 0. The van der Waals surface area contributed by atoms with Crippen molar-refractivity contribution < 1.29 is 4.79 Å². The fourth-order valence-corrected chi connectivity index (χ4v) is 2.46. The molecule has 0 saturated heterocycles. The Hall–Kier alpha value is -1.35. The molecular weight excluding hydrogens is 236 g/mol. The molecule has 0 bridgehead atoms. The third-order valence-electron chi connectivity index (χ3n) is 3.97. The van der Waals surface area contributed by atoms with Gasteiger partial charge in [0.1, 0.15) is 0 Å². The number of hydrogen-bond donors (Lipinski definition) is 1. The van der Waals surface area contributed by atoms with E-state index >= 15 is 0 Å². The summed E-state index contributed by atoms with van der Waals surface area (Å²) in [7, 11) is 0. The maximum absolute atomic E-state index is 12.5. The van der Waals surface area contributed by atoms with Gasteiger partial charge in [0, 0.05) is 24.7 Å². The van der Waals surface area contributed by atoms with Crippen molar-refractivity contribution in [3.63, 3.8) is 0 Å². The minimum Gasteiger partial charge on any atom is -0.334 e. The first-order chi connectivity index (χ1) is 9.13. The number of amides is 1. The zero-order valence-electron chi connectivity index (χ0n) is 11.9. The molecule has 2 N–H and O–H groups in total. The van der Waals surface area contributed by atoms with Crippen molar-refractivity contribution in [2.45, 2.75) is 45.1 Å². The highest BCUT2D eigenvalue weighted by atomic mass is 16.2. The summed E-state index contributed by atoms with van der Waals surface area (Å²) in [5.74, 6) is 0.626. The van der Waals surface area contributed by atoms with E-state index in [9.17, 15) is 4.79 Å². The maximum Gasteiger partial charge on any atom is 0.254 e. The van der Waals surface area contributed by atoms with Gasteiger partial charge in [-0.15, -0.1) is 0 Å². The van der Waals surface area contributed by atoms with Crippen LogP contribution in [0.3, 0.4) is 0 Å². The van der Waals surface area contributed by atoms with Crippen LogP contribution in [0.25, 0.3) is 0 Å². The Balaban J connectivity index is 2.11. The van der Waals surface area contributed by atoms with Crippen LogP contribution >= 0.6 is 0 Å². The summed E-state index contributed by atoms with van der Waals surface area (Å²) in [4.78, 5) is 14.5. The average Bonchev–Trinajstić information content (AvgIpc) is 2.35. The molecule has 1 amide bonds. The maximum atomic E-state index is 12.5. The van der Waals surface area contributed by atoms with Crippen LogP contribution in [0, 0.1) is 0 Å². The first kappa shape index (κ1) is 14.1. The predicted octanol–water partition coefficient (Wildman–Crippen LogP) is 2.76. The Bertz CT molecular complexity index is 421. The number of carbonyl (C=O) groups excluding carboxylic acids is 1. The van der Waals surface area contributed by atoms with E-state index in [4.69, 9.17) is 5.73 Å². The van der Waals surface area contributed by atoms with Crippen LogP contribution in [0.1, 0.15) is 54.9 Å². The van der Waals surface area contributed by atoms with E-state index < -0.39 is 0 Å². The fraction of sp³-hybridized carbons (Fsp3) is 0.562. The summed E-state index contributed by atoms with van der Waals surface area (Å²) in [6.45, 7) is 5.51. The molecule has 3 heteroatoms. The molecule has 104 valence electrons. The topological polar surface area (TPSA) is 46.3 Å². The van der Waals surface area contributed by atoms with Gasteiger partial charge in [0.2, 0.25) is 0 Å². The Kier molecular flexibility index (Phi) is 4.59. The SMILES string of the molecule is CC(C)c1ccc(C(=O)N(CCN)C2CCC2)cc1. The molecule has 1 aliphatic rings. The number of nitrogens with zero attached hydrogens (tertiary/aromatic N) is 1. The number of benzene rings is 1. The predicted molar refractivity (Wildman–Crippen MR) is 78.3 cm³/mol. The minimum absolute atomic E-state index is 0.130. The van der Waals surface area contributed by atoms with Gasteiger partial charge in [-0.2, -0.15) is 0 Å². The van der Waals surface area contributed by atoms with E-state index in [2.05, 4.69) is 26.0 Å². The molecular formula is C16H24N2O. The number of rotatable bonds is 5. The summed E-state index contributed by atoms with van der Waals surface area (Å²) >= 11 is 0. The highest BCUT2D eigenvalue weighted by molar-refractivity contribution is 5.94. The van der Waals surface area contributed by atoms with Gasteiger partial charge in [-0.05, 0) is 42.9 Å². The van der Waals surface area contributed by atoms with E-state index in [1.807, 2.05) is 17.0 Å². The molecule has 1 fully saturated rings. The molecule has 2 rings (SSSR count). The van der Waals surface area contributed by atoms with Gasteiger partial charge in [0.25, 0.3) is 5.91 Å². The second-order valence-electron chi connectivity index (χ2n) is 5.65. The van der Waals surface area contributed by atoms with Gasteiger partial charge in [0.15, 0.2) is 0 Å². The molecule has 0 atom stereocenters. The lowest BCUT2D eigenvalue weighted by atomic mass is 9.90. The number of nitrogens with two attached hydrogens (primary N) is 1. The zero-order chi connectivity index (χ0) is 13.8. The number of hydrogen-bond acceptors (Lipinski definition) is 2. The largest absolute Gasteiger partial charge is 0.334 e. The molecule has 0 radical (unpaired) electrons. The monoisotopic (exact) mass is 260 g/mol. The lowest BCUT2D eigenvalue weighted by Crippen LogP contribution is -2.46. The summed E-state index contributed by atoms with van der Waals surface area (Å²) in [6.07, 6.45) is 3.47. The van der Waals surface area contributed by atoms with Crippen molar-refractivity contribution in [2.24, 2.45) is 5.73 Å². The lowest BCUT2D eigenvalue weighted by molar-refractivity contribution is 0.0588. The van der Waals surface area contributed by atoms with E-state index in [1.165, 1.54) is 12.0 Å². The molecule has 0 aromatic heterocycles. The summed E-state index contributed by atoms with van der Waals surface area (Å²) in [6, 6.07) is 8.40. The van der Waals surface area contributed by atoms with Crippen molar-refractivity contribution in [1.29, 1.82) is 0 Å². The molecule has 1 aromatic carbocycles. The normalized spacial score (nSPS) is 15.4. The first-order valence-corrected chi connectivity index (χ1v) is 7.24. The van der Waals surface area contributed by atoms with Gasteiger partial charge in [-0.3, -0.25) is 4.79 Å². The van der Waals surface area contributed by atoms with Crippen LogP contribution in [0.15, 0.2) is 24.3 Å². The van der Waals surface area contributed by atoms with Gasteiger partial charge in [0.05, 0.1) is 0 Å². The highest BCUT2D eigenvalue weighted by Gasteiger charge is 2.28. The molecule has 1 saturated carbocycles. The van der Waals surface area contributed by atoms with Crippen molar-refractivity contribution in [3.05, 3.63) is 35.4 Å². The van der Waals surface area contributed by atoms with Gasteiger partial charge < -0.3 is 10.6 Å². The Morgan fingerprint density at radius 2 is 1.95 bits per heavy atom. The first-order valence-electron chi connectivity index (χ1n) is 7.24. The average molecular weight is 260 g/mol. The van der Waals surface area contributed by atoms with E-state index in [1.54, 1.807) is 0 Å². The molecule has 1 aromatic rings. The molecule has 3 nitrogen and oxygen atoms in total. The standard InChI is InChI=1S/C16H24N2O/c1-12(2)13-6-8-14(9-7-13)16(19)18(11-10-17)15-4-3-5-15/h6-9,12,15H,3-5,10-11,17H2,1-2H3. The van der Waals surface area contributed by atoms with Crippen LogP contribution in [-0.2, 0) is 0 Å². The van der Waals surface area contributed by atoms with E-state index in [0.717, 1.165) is 18.4 Å². The van der Waals surface area contributed by atoms with Crippen molar-refractivity contribution in [2.75, 3.05) is 13.1 Å². The molecule has 0 heterocycles. The second-order valence-corrected chi connectivity index (χ2v) is 5.65. The molecule has 0 spiro atoms. The smallest absolute Gasteiger partial charge is 0.254 e. The van der Waals surface area contributed by atoms with E-state index in [-0.39, 0.29) is 5.91 Å². The van der Waals surface area contributed by atoms with Crippen LogP contribution in [0.4, 0.5) is 0 Å². The highest BCUT2D eigenvalue weighted by Crippen LogP contribution is 2.26.